The molecule has 7 heteroatoms. The summed E-state index contributed by atoms with van der Waals surface area (Å²) in [6.45, 7) is 5.09. The number of nitrogens with zero attached hydrogens (tertiary/aromatic N) is 1. The third-order valence-electron chi connectivity index (χ3n) is 4.64. The van der Waals surface area contributed by atoms with E-state index in [-0.39, 0.29) is 5.91 Å². The van der Waals surface area contributed by atoms with Crippen molar-refractivity contribution in [1.29, 1.82) is 0 Å². The number of benzene rings is 2. The summed E-state index contributed by atoms with van der Waals surface area (Å²) >= 11 is 0. The molecule has 2 aromatic rings. The second-order valence-electron chi connectivity index (χ2n) is 6.82. The molecule has 2 aromatic carbocycles. The van der Waals surface area contributed by atoms with Crippen LogP contribution in [-0.2, 0) is 25.6 Å². The van der Waals surface area contributed by atoms with Gasteiger partial charge in [-0.3, -0.25) is 4.79 Å². The number of carbonyl (C=O) groups is 2. The maximum atomic E-state index is 12.4. The minimum atomic E-state index is -0.924. The molecule has 1 unspecified atom stereocenters. The van der Waals surface area contributed by atoms with Crippen molar-refractivity contribution in [3.8, 4) is 0 Å². The third kappa shape index (κ3) is 5.79. The second-order valence-corrected chi connectivity index (χ2v) is 6.82. The molecule has 0 saturated carbocycles. The Labute approximate surface area is 170 Å². The number of hydrogen-bond acceptors (Lipinski definition) is 6. The third-order valence-corrected chi connectivity index (χ3v) is 4.64. The average Bonchev–Trinajstić information content (AvgIpc) is 2.75. The van der Waals surface area contributed by atoms with E-state index in [1.807, 2.05) is 30.3 Å². The van der Waals surface area contributed by atoms with E-state index in [0.717, 1.165) is 37.6 Å². The Morgan fingerprint density at radius 3 is 2.55 bits per heavy atom. The molecule has 1 atom stereocenters. The minimum absolute atomic E-state index is 0.383. The summed E-state index contributed by atoms with van der Waals surface area (Å²) in [5.41, 5.74) is 2.98. The summed E-state index contributed by atoms with van der Waals surface area (Å²) in [5.74, 6) is -0.932. The molecule has 0 aliphatic carbocycles. The maximum absolute atomic E-state index is 12.4. The van der Waals surface area contributed by atoms with E-state index in [1.54, 1.807) is 32.2 Å². The van der Waals surface area contributed by atoms with Crippen LogP contribution in [0.3, 0.4) is 0 Å². The van der Waals surface area contributed by atoms with Gasteiger partial charge >= 0.3 is 5.97 Å². The number of rotatable bonds is 7. The van der Waals surface area contributed by atoms with Crippen LogP contribution in [0.15, 0.2) is 48.5 Å². The Hall–Kier alpha value is -2.90. The molecule has 1 fully saturated rings. The van der Waals surface area contributed by atoms with Crippen LogP contribution in [-0.4, -0.2) is 51.4 Å². The van der Waals surface area contributed by atoms with Gasteiger partial charge in [-0.25, -0.2) is 4.79 Å². The SMILES string of the molecule is COCc1cccc(C(=O)OC(C)C(=O)Nc2ccc(N3CCOCC3)cc2)c1. The predicted molar refractivity (Wildman–Crippen MR) is 110 cm³/mol. The van der Waals surface area contributed by atoms with Gasteiger partial charge in [-0.1, -0.05) is 12.1 Å². The standard InChI is InChI=1S/C22H26N2O5/c1-16(29-22(26)18-5-3-4-17(14-18)15-27-2)21(25)23-19-6-8-20(9-7-19)24-10-12-28-13-11-24/h3-9,14,16H,10-13,15H2,1-2H3,(H,23,25). The summed E-state index contributed by atoms with van der Waals surface area (Å²) in [7, 11) is 1.59. The number of carbonyl (C=O) groups excluding carboxylic acids is 2. The van der Waals surface area contributed by atoms with E-state index in [0.29, 0.717) is 17.9 Å². The molecular formula is C22H26N2O5. The maximum Gasteiger partial charge on any atom is 0.338 e. The number of esters is 1. The largest absolute Gasteiger partial charge is 0.449 e. The predicted octanol–water partition coefficient (Wildman–Crippen LogP) is 2.85. The number of anilines is 2. The molecular weight excluding hydrogens is 372 g/mol. The molecule has 1 aliphatic rings. The minimum Gasteiger partial charge on any atom is -0.449 e. The average molecular weight is 398 g/mol. The smallest absolute Gasteiger partial charge is 0.338 e. The molecule has 0 bridgehead atoms. The summed E-state index contributed by atoms with van der Waals surface area (Å²) in [6, 6.07) is 14.6. The van der Waals surface area contributed by atoms with Gasteiger partial charge in [0.2, 0.25) is 0 Å². The molecule has 29 heavy (non-hydrogen) atoms. The van der Waals surface area contributed by atoms with Crippen LogP contribution in [0.25, 0.3) is 0 Å². The van der Waals surface area contributed by atoms with Crippen LogP contribution in [0.5, 0.6) is 0 Å². The number of ether oxygens (including phenoxy) is 3. The molecule has 0 spiro atoms. The summed E-state index contributed by atoms with van der Waals surface area (Å²) in [4.78, 5) is 27.0. The lowest BCUT2D eigenvalue weighted by Crippen LogP contribution is -2.36. The van der Waals surface area contributed by atoms with Gasteiger partial charge in [0.25, 0.3) is 5.91 Å². The van der Waals surface area contributed by atoms with Crippen LogP contribution >= 0.6 is 0 Å². The van der Waals surface area contributed by atoms with Crippen molar-refractivity contribution in [2.45, 2.75) is 19.6 Å². The Morgan fingerprint density at radius 2 is 1.86 bits per heavy atom. The lowest BCUT2D eigenvalue weighted by Gasteiger charge is -2.28. The highest BCUT2D eigenvalue weighted by atomic mass is 16.5. The zero-order valence-corrected chi connectivity index (χ0v) is 16.7. The van der Waals surface area contributed by atoms with Gasteiger partial charge in [-0.15, -0.1) is 0 Å². The number of amides is 1. The van der Waals surface area contributed by atoms with E-state index >= 15 is 0 Å². The molecule has 0 aromatic heterocycles. The van der Waals surface area contributed by atoms with Gasteiger partial charge in [-0.2, -0.15) is 0 Å². The van der Waals surface area contributed by atoms with Crippen molar-refractivity contribution in [2.24, 2.45) is 0 Å². The fourth-order valence-corrected chi connectivity index (χ4v) is 3.06. The highest BCUT2D eigenvalue weighted by Crippen LogP contribution is 2.19. The molecule has 1 amide bonds. The van der Waals surface area contributed by atoms with Crippen LogP contribution in [0.4, 0.5) is 11.4 Å². The van der Waals surface area contributed by atoms with Crippen molar-refractivity contribution in [3.63, 3.8) is 0 Å². The lowest BCUT2D eigenvalue weighted by molar-refractivity contribution is -0.123. The van der Waals surface area contributed by atoms with Gasteiger partial charge in [0, 0.05) is 31.6 Å². The molecule has 154 valence electrons. The van der Waals surface area contributed by atoms with Crippen LogP contribution in [0, 0.1) is 0 Å². The first-order valence-electron chi connectivity index (χ1n) is 9.59. The first-order chi connectivity index (χ1) is 14.1. The molecule has 1 aliphatic heterocycles. The van der Waals surface area contributed by atoms with E-state index in [4.69, 9.17) is 14.2 Å². The quantitative estimate of drug-likeness (QED) is 0.723. The molecule has 0 radical (unpaired) electrons. The van der Waals surface area contributed by atoms with Gasteiger partial charge in [0.1, 0.15) is 0 Å². The van der Waals surface area contributed by atoms with Gasteiger partial charge in [0.05, 0.1) is 25.4 Å². The first-order valence-corrected chi connectivity index (χ1v) is 9.59. The Kier molecular flexibility index (Phi) is 7.21. The van der Waals surface area contributed by atoms with Gasteiger partial charge in [-0.05, 0) is 48.9 Å². The van der Waals surface area contributed by atoms with Crippen molar-refractivity contribution in [2.75, 3.05) is 43.6 Å². The van der Waals surface area contributed by atoms with Crippen LogP contribution in [0.2, 0.25) is 0 Å². The second kappa shape index (κ2) is 10.0. The number of morpholine rings is 1. The number of methoxy groups -OCH3 is 1. The molecule has 1 heterocycles. The molecule has 3 rings (SSSR count). The summed E-state index contributed by atoms with van der Waals surface area (Å²) < 4.78 is 15.7. The van der Waals surface area contributed by atoms with Crippen molar-refractivity contribution in [1.82, 2.24) is 0 Å². The molecule has 1 saturated heterocycles. The van der Waals surface area contributed by atoms with Crippen molar-refractivity contribution < 1.29 is 23.8 Å². The topological polar surface area (TPSA) is 77.1 Å². The van der Waals surface area contributed by atoms with E-state index in [9.17, 15) is 9.59 Å². The van der Waals surface area contributed by atoms with E-state index < -0.39 is 12.1 Å². The van der Waals surface area contributed by atoms with Crippen LogP contribution < -0.4 is 10.2 Å². The normalized spacial score (nSPS) is 14.9. The Morgan fingerprint density at radius 1 is 1.14 bits per heavy atom. The van der Waals surface area contributed by atoms with Crippen LogP contribution in [0.1, 0.15) is 22.8 Å². The van der Waals surface area contributed by atoms with Crippen molar-refractivity contribution >= 4 is 23.3 Å². The summed E-state index contributed by atoms with van der Waals surface area (Å²) in [6.07, 6.45) is -0.924. The zero-order valence-electron chi connectivity index (χ0n) is 16.7. The fourth-order valence-electron chi connectivity index (χ4n) is 3.06. The highest BCUT2D eigenvalue weighted by Gasteiger charge is 2.19. The van der Waals surface area contributed by atoms with Gasteiger partial charge < -0.3 is 24.4 Å². The van der Waals surface area contributed by atoms with Crippen molar-refractivity contribution in [3.05, 3.63) is 59.7 Å². The highest BCUT2D eigenvalue weighted by molar-refractivity contribution is 5.97. The number of hydrogen-bond donors (Lipinski definition) is 1. The number of nitrogens with one attached hydrogen (secondary N) is 1. The monoisotopic (exact) mass is 398 g/mol. The Balaban J connectivity index is 1.54. The first kappa shape index (κ1) is 20.8. The van der Waals surface area contributed by atoms with E-state index in [1.165, 1.54) is 0 Å². The zero-order chi connectivity index (χ0) is 20.6. The van der Waals surface area contributed by atoms with E-state index in [2.05, 4.69) is 10.2 Å². The molecule has 1 N–H and O–H groups in total. The Bertz CT molecular complexity index is 831. The fraction of sp³-hybridized carbons (Fsp3) is 0.364. The molecule has 7 nitrogen and oxygen atoms in total. The van der Waals surface area contributed by atoms with Gasteiger partial charge in [0.15, 0.2) is 6.10 Å². The summed E-state index contributed by atoms with van der Waals surface area (Å²) in [5, 5.41) is 2.78. The lowest BCUT2D eigenvalue weighted by atomic mass is 10.1.